The molecule has 0 aliphatic carbocycles. The minimum Gasteiger partial charge on any atom is -0.328 e. The second-order valence-electron chi connectivity index (χ2n) is 4.97. The lowest BCUT2D eigenvalue weighted by Gasteiger charge is -2.06. The topological polar surface area (TPSA) is 106 Å². The smallest absolute Gasteiger partial charge is 0.262 e. The molecule has 8 heteroatoms. The van der Waals surface area contributed by atoms with Gasteiger partial charge in [0.1, 0.15) is 17.7 Å². The van der Waals surface area contributed by atoms with Gasteiger partial charge in [0, 0.05) is 18.0 Å². The first kappa shape index (κ1) is 14.6. The number of nitrogens with zero attached hydrogens (tertiary/aromatic N) is 4. The van der Waals surface area contributed by atoms with Crippen molar-refractivity contribution in [3.8, 4) is 5.82 Å². The van der Waals surface area contributed by atoms with Gasteiger partial charge in [0.15, 0.2) is 5.82 Å². The molecule has 3 heterocycles. The number of pyridine rings is 1. The SMILES string of the molecule is Cc1cc(C)n(-c2cc(NC(=O)c3ccc[nH]c3=O)ncn2)n1. The number of anilines is 1. The zero-order chi connectivity index (χ0) is 16.4. The van der Waals surface area contributed by atoms with E-state index in [1.807, 2.05) is 19.9 Å². The molecule has 8 nitrogen and oxygen atoms in total. The van der Waals surface area contributed by atoms with E-state index in [0.717, 1.165) is 11.4 Å². The number of amides is 1. The fourth-order valence-corrected chi connectivity index (χ4v) is 2.18. The minimum atomic E-state index is -0.537. The third kappa shape index (κ3) is 3.00. The molecule has 0 atom stereocenters. The van der Waals surface area contributed by atoms with Crippen LogP contribution in [-0.2, 0) is 0 Å². The first-order valence-electron chi connectivity index (χ1n) is 6.89. The third-order valence-electron chi connectivity index (χ3n) is 3.18. The van der Waals surface area contributed by atoms with Gasteiger partial charge in [-0.05, 0) is 32.0 Å². The zero-order valence-electron chi connectivity index (χ0n) is 12.6. The summed E-state index contributed by atoms with van der Waals surface area (Å²) < 4.78 is 1.65. The minimum absolute atomic E-state index is 0.0128. The zero-order valence-corrected chi connectivity index (χ0v) is 12.6. The molecule has 3 aromatic heterocycles. The molecule has 116 valence electrons. The molecule has 0 radical (unpaired) electrons. The van der Waals surface area contributed by atoms with Crippen molar-refractivity contribution in [3.63, 3.8) is 0 Å². The molecule has 0 bridgehead atoms. The van der Waals surface area contributed by atoms with E-state index in [1.165, 1.54) is 18.6 Å². The van der Waals surface area contributed by atoms with E-state index in [1.54, 1.807) is 16.8 Å². The Labute approximate surface area is 131 Å². The van der Waals surface area contributed by atoms with Gasteiger partial charge in [-0.3, -0.25) is 9.59 Å². The molecule has 23 heavy (non-hydrogen) atoms. The van der Waals surface area contributed by atoms with Crippen molar-refractivity contribution in [2.45, 2.75) is 13.8 Å². The van der Waals surface area contributed by atoms with Gasteiger partial charge in [0.05, 0.1) is 5.69 Å². The van der Waals surface area contributed by atoms with Crippen LogP contribution in [0.5, 0.6) is 0 Å². The fourth-order valence-electron chi connectivity index (χ4n) is 2.18. The van der Waals surface area contributed by atoms with Crippen molar-refractivity contribution >= 4 is 11.7 Å². The Morgan fingerprint density at radius 3 is 2.78 bits per heavy atom. The highest BCUT2D eigenvalue weighted by Crippen LogP contribution is 2.12. The third-order valence-corrected chi connectivity index (χ3v) is 3.18. The van der Waals surface area contributed by atoms with Crippen LogP contribution in [0.2, 0.25) is 0 Å². The molecule has 0 spiro atoms. The number of H-pyrrole nitrogens is 1. The highest BCUT2D eigenvalue weighted by Gasteiger charge is 2.12. The predicted octanol–water partition coefficient (Wildman–Crippen LogP) is 1.22. The summed E-state index contributed by atoms with van der Waals surface area (Å²) in [6, 6.07) is 6.53. The van der Waals surface area contributed by atoms with E-state index in [9.17, 15) is 9.59 Å². The molecule has 3 rings (SSSR count). The van der Waals surface area contributed by atoms with Gasteiger partial charge >= 0.3 is 0 Å². The molecule has 1 amide bonds. The summed E-state index contributed by atoms with van der Waals surface area (Å²) in [4.78, 5) is 34.4. The second-order valence-corrected chi connectivity index (χ2v) is 4.97. The van der Waals surface area contributed by atoms with Crippen LogP contribution >= 0.6 is 0 Å². The van der Waals surface area contributed by atoms with Crippen molar-refractivity contribution in [1.82, 2.24) is 24.7 Å². The summed E-state index contributed by atoms with van der Waals surface area (Å²) in [5.74, 6) is 0.281. The van der Waals surface area contributed by atoms with Crippen LogP contribution in [0, 0.1) is 13.8 Å². The van der Waals surface area contributed by atoms with E-state index in [0.29, 0.717) is 5.82 Å². The molecule has 2 N–H and O–H groups in total. The van der Waals surface area contributed by atoms with E-state index in [2.05, 4.69) is 25.4 Å². The van der Waals surface area contributed by atoms with Crippen molar-refractivity contribution in [3.05, 3.63) is 64.1 Å². The van der Waals surface area contributed by atoms with E-state index < -0.39 is 11.5 Å². The normalized spacial score (nSPS) is 10.5. The number of aryl methyl sites for hydroxylation is 2. The number of carbonyl (C=O) groups excluding carboxylic acids is 1. The Morgan fingerprint density at radius 1 is 1.26 bits per heavy atom. The van der Waals surface area contributed by atoms with Gasteiger partial charge < -0.3 is 10.3 Å². The van der Waals surface area contributed by atoms with Crippen LogP contribution in [0.1, 0.15) is 21.7 Å². The van der Waals surface area contributed by atoms with E-state index in [-0.39, 0.29) is 11.4 Å². The lowest BCUT2D eigenvalue weighted by molar-refractivity contribution is 0.102. The van der Waals surface area contributed by atoms with E-state index >= 15 is 0 Å². The van der Waals surface area contributed by atoms with Crippen molar-refractivity contribution < 1.29 is 4.79 Å². The molecule has 0 aromatic carbocycles. The molecule has 0 aliphatic heterocycles. The van der Waals surface area contributed by atoms with Crippen molar-refractivity contribution in [1.29, 1.82) is 0 Å². The number of aromatic amines is 1. The maximum absolute atomic E-state index is 12.1. The number of hydrogen-bond donors (Lipinski definition) is 2. The number of aromatic nitrogens is 5. The average Bonchev–Trinajstić information content (AvgIpc) is 2.86. The summed E-state index contributed by atoms with van der Waals surface area (Å²) in [7, 11) is 0. The lowest BCUT2D eigenvalue weighted by Crippen LogP contribution is -2.23. The van der Waals surface area contributed by atoms with Crippen LogP contribution in [0.25, 0.3) is 5.82 Å². The molecule has 0 fully saturated rings. The predicted molar refractivity (Wildman–Crippen MR) is 83.6 cm³/mol. The Bertz CT molecular complexity index is 927. The summed E-state index contributed by atoms with van der Waals surface area (Å²) >= 11 is 0. The summed E-state index contributed by atoms with van der Waals surface area (Å²) in [5, 5.41) is 6.92. The van der Waals surface area contributed by atoms with Crippen LogP contribution in [0.15, 0.2) is 41.6 Å². The first-order chi connectivity index (χ1) is 11.0. The molecule has 3 aromatic rings. The fraction of sp³-hybridized carbons (Fsp3) is 0.133. The molecule has 0 saturated carbocycles. The largest absolute Gasteiger partial charge is 0.328 e. The highest BCUT2D eigenvalue weighted by atomic mass is 16.2. The van der Waals surface area contributed by atoms with Crippen LogP contribution < -0.4 is 10.9 Å². The Hall–Kier alpha value is -3.29. The second kappa shape index (κ2) is 5.84. The Balaban J connectivity index is 1.89. The number of nitrogens with one attached hydrogen (secondary N) is 2. The monoisotopic (exact) mass is 310 g/mol. The van der Waals surface area contributed by atoms with Gasteiger partial charge in [0.25, 0.3) is 11.5 Å². The van der Waals surface area contributed by atoms with Crippen molar-refractivity contribution in [2.24, 2.45) is 0 Å². The molecular formula is C15H14N6O2. The Morgan fingerprint density at radius 2 is 2.09 bits per heavy atom. The van der Waals surface area contributed by atoms with Gasteiger partial charge in [-0.15, -0.1) is 0 Å². The van der Waals surface area contributed by atoms with E-state index in [4.69, 9.17) is 0 Å². The van der Waals surface area contributed by atoms with Crippen LogP contribution in [0.4, 0.5) is 5.82 Å². The van der Waals surface area contributed by atoms with Gasteiger partial charge in [-0.25, -0.2) is 14.6 Å². The molecule has 0 aliphatic rings. The lowest BCUT2D eigenvalue weighted by atomic mass is 10.2. The standard InChI is InChI=1S/C15H14N6O2/c1-9-6-10(2)21(20-9)13-7-12(17-8-18-13)19-15(23)11-4-3-5-16-14(11)22/h3-8H,1-2H3,(H,16,22)(H,17,18,19,23). The van der Waals surface area contributed by atoms with Crippen LogP contribution in [0.3, 0.4) is 0 Å². The molecule has 0 unspecified atom stereocenters. The maximum atomic E-state index is 12.1. The number of hydrogen-bond acceptors (Lipinski definition) is 5. The van der Waals surface area contributed by atoms with Crippen LogP contribution in [-0.4, -0.2) is 30.6 Å². The maximum Gasteiger partial charge on any atom is 0.262 e. The molecule has 0 saturated heterocycles. The molecular weight excluding hydrogens is 296 g/mol. The quantitative estimate of drug-likeness (QED) is 0.756. The van der Waals surface area contributed by atoms with Gasteiger partial charge in [-0.1, -0.05) is 0 Å². The average molecular weight is 310 g/mol. The van der Waals surface area contributed by atoms with Gasteiger partial charge in [-0.2, -0.15) is 5.10 Å². The number of rotatable bonds is 3. The Kier molecular flexibility index (Phi) is 3.71. The summed E-state index contributed by atoms with van der Waals surface area (Å²) in [6.07, 6.45) is 2.79. The van der Waals surface area contributed by atoms with Crippen molar-refractivity contribution in [2.75, 3.05) is 5.32 Å². The first-order valence-corrected chi connectivity index (χ1v) is 6.89. The number of carbonyl (C=O) groups is 1. The summed E-state index contributed by atoms with van der Waals surface area (Å²) in [6.45, 7) is 3.79. The van der Waals surface area contributed by atoms with Gasteiger partial charge in [0.2, 0.25) is 0 Å². The summed E-state index contributed by atoms with van der Waals surface area (Å²) in [5.41, 5.74) is 1.33. The highest BCUT2D eigenvalue weighted by molar-refractivity contribution is 6.03.